The molecule has 1 aromatic rings. The van der Waals surface area contributed by atoms with E-state index in [1.165, 1.54) is 11.8 Å². The molecule has 0 saturated carbocycles. The average Bonchev–Trinajstić information content (AvgIpc) is 2.24. The van der Waals surface area contributed by atoms with Crippen molar-refractivity contribution in [2.24, 2.45) is 4.99 Å². The molecule has 0 fully saturated rings. The predicted molar refractivity (Wildman–Crippen MR) is 68.5 cm³/mol. The molecule has 0 bridgehead atoms. The number of hydrogen-bond donors (Lipinski definition) is 1. The summed E-state index contributed by atoms with van der Waals surface area (Å²) in [6.45, 7) is 4.00. The Morgan fingerprint density at radius 1 is 1.17 bits per heavy atom. The Hall–Kier alpha value is -1.17. The second-order valence-electron chi connectivity index (χ2n) is 4.32. The van der Waals surface area contributed by atoms with Gasteiger partial charge in [-0.3, -0.25) is 4.99 Å². The number of rotatable bonds is 1. The van der Waals surface area contributed by atoms with Crippen LogP contribution < -0.4 is 5.32 Å². The molecule has 0 aromatic heterocycles. The summed E-state index contributed by atoms with van der Waals surface area (Å²) in [6, 6.07) is 1.47. The quantitative estimate of drug-likeness (QED) is 0.788. The summed E-state index contributed by atoms with van der Waals surface area (Å²) >= 11 is 1.46. The van der Waals surface area contributed by atoms with Crippen molar-refractivity contribution < 1.29 is 13.2 Å². The highest BCUT2D eigenvalue weighted by Gasteiger charge is 2.20. The molecular formula is C12H13F3N2S. The molecule has 98 valence electrons. The fourth-order valence-corrected chi connectivity index (χ4v) is 2.96. The number of benzene rings is 1. The van der Waals surface area contributed by atoms with Crippen LogP contribution in [0.15, 0.2) is 17.1 Å². The van der Waals surface area contributed by atoms with Crippen LogP contribution in [-0.2, 0) is 0 Å². The number of thioether (sulfide) groups is 1. The van der Waals surface area contributed by atoms with Gasteiger partial charge in [0.25, 0.3) is 0 Å². The number of amidine groups is 1. The minimum Gasteiger partial charge on any atom is -0.332 e. The molecule has 0 spiro atoms. The molecule has 6 heteroatoms. The largest absolute Gasteiger partial charge is 0.332 e. The van der Waals surface area contributed by atoms with Gasteiger partial charge in [0.15, 0.2) is 16.8 Å². The molecule has 1 heterocycles. The van der Waals surface area contributed by atoms with Gasteiger partial charge in [-0.25, -0.2) is 13.2 Å². The number of nitrogens with zero attached hydrogens (tertiary/aromatic N) is 1. The van der Waals surface area contributed by atoms with Gasteiger partial charge in [0.1, 0.15) is 5.82 Å². The number of aliphatic imine (C=N–C) groups is 1. The molecule has 1 aliphatic heterocycles. The first-order chi connectivity index (χ1) is 8.45. The summed E-state index contributed by atoms with van der Waals surface area (Å²) in [5.74, 6) is -3.11. The molecule has 2 atom stereocenters. The van der Waals surface area contributed by atoms with E-state index in [0.717, 1.165) is 12.5 Å². The van der Waals surface area contributed by atoms with Gasteiger partial charge in [0.2, 0.25) is 0 Å². The van der Waals surface area contributed by atoms with Gasteiger partial charge in [-0.1, -0.05) is 18.7 Å². The van der Waals surface area contributed by atoms with Crippen LogP contribution in [0.5, 0.6) is 0 Å². The van der Waals surface area contributed by atoms with Crippen LogP contribution in [0.4, 0.5) is 18.9 Å². The van der Waals surface area contributed by atoms with Crippen LogP contribution in [0, 0.1) is 17.5 Å². The first-order valence-electron chi connectivity index (χ1n) is 5.61. The smallest absolute Gasteiger partial charge is 0.161 e. The average molecular weight is 274 g/mol. The molecule has 0 radical (unpaired) electrons. The highest BCUT2D eigenvalue weighted by Crippen LogP contribution is 2.27. The van der Waals surface area contributed by atoms with Crippen molar-refractivity contribution in [3.8, 4) is 0 Å². The zero-order valence-corrected chi connectivity index (χ0v) is 10.8. The highest BCUT2D eigenvalue weighted by molar-refractivity contribution is 8.14. The van der Waals surface area contributed by atoms with Crippen molar-refractivity contribution >= 4 is 22.6 Å². The summed E-state index contributed by atoms with van der Waals surface area (Å²) < 4.78 is 39.3. The Labute approximate surface area is 108 Å². The Morgan fingerprint density at radius 2 is 1.83 bits per heavy atom. The van der Waals surface area contributed by atoms with Crippen molar-refractivity contribution in [3.63, 3.8) is 0 Å². The van der Waals surface area contributed by atoms with E-state index in [-0.39, 0.29) is 11.7 Å². The molecule has 18 heavy (non-hydrogen) atoms. The van der Waals surface area contributed by atoms with Gasteiger partial charge >= 0.3 is 0 Å². The molecule has 2 nitrogen and oxygen atoms in total. The van der Waals surface area contributed by atoms with Crippen LogP contribution in [0.1, 0.15) is 20.3 Å². The topological polar surface area (TPSA) is 24.4 Å². The Bertz CT molecular complexity index is 490. The summed E-state index contributed by atoms with van der Waals surface area (Å²) in [6.07, 6.45) is 0.941. The molecule has 0 amide bonds. The lowest BCUT2D eigenvalue weighted by Crippen LogP contribution is -2.23. The van der Waals surface area contributed by atoms with Crippen LogP contribution in [0.3, 0.4) is 0 Å². The summed E-state index contributed by atoms with van der Waals surface area (Å²) in [5, 5.41) is 3.60. The lowest BCUT2D eigenvalue weighted by atomic mass is 10.2. The third-order valence-corrected chi connectivity index (χ3v) is 3.60. The van der Waals surface area contributed by atoms with Crippen molar-refractivity contribution in [2.75, 3.05) is 5.32 Å². The molecule has 1 aromatic carbocycles. The standard InChI is InChI=1S/C12H13F3N2S/c1-6-3-7(2)18-12(16-6)17-11-5-9(14)8(13)4-10(11)15/h4-7H,3H2,1-2H3,(H,16,17). The third kappa shape index (κ3) is 2.98. The van der Waals surface area contributed by atoms with Crippen molar-refractivity contribution in [1.82, 2.24) is 0 Å². The van der Waals surface area contributed by atoms with Crippen LogP contribution in [0.2, 0.25) is 0 Å². The van der Waals surface area contributed by atoms with Gasteiger partial charge in [0.05, 0.1) is 11.7 Å². The Balaban J connectivity index is 2.21. The second-order valence-corrected chi connectivity index (χ2v) is 5.75. The maximum absolute atomic E-state index is 13.4. The van der Waals surface area contributed by atoms with E-state index in [1.54, 1.807) is 0 Å². The lowest BCUT2D eigenvalue weighted by molar-refractivity contribution is 0.496. The molecule has 2 rings (SSSR count). The van der Waals surface area contributed by atoms with E-state index in [2.05, 4.69) is 10.3 Å². The van der Waals surface area contributed by atoms with Gasteiger partial charge in [0, 0.05) is 17.4 Å². The van der Waals surface area contributed by atoms with Crippen molar-refractivity contribution in [3.05, 3.63) is 29.6 Å². The van der Waals surface area contributed by atoms with Gasteiger partial charge < -0.3 is 5.32 Å². The van der Waals surface area contributed by atoms with Crippen LogP contribution in [0.25, 0.3) is 0 Å². The zero-order chi connectivity index (χ0) is 13.3. The number of halogens is 3. The fraction of sp³-hybridized carbons (Fsp3) is 0.417. The SMILES string of the molecule is CC1CC(C)SC(Nc2cc(F)c(F)cc2F)=N1. The fourth-order valence-electron chi connectivity index (χ4n) is 1.80. The van der Waals surface area contributed by atoms with Crippen molar-refractivity contribution in [1.29, 1.82) is 0 Å². The lowest BCUT2D eigenvalue weighted by Gasteiger charge is -2.23. The maximum Gasteiger partial charge on any atom is 0.161 e. The number of anilines is 1. The first-order valence-corrected chi connectivity index (χ1v) is 6.49. The summed E-state index contributed by atoms with van der Waals surface area (Å²) in [7, 11) is 0. The predicted octanol–water partition coefficient (Wildman–Crippen LogP) is 3.79. The van der Waals surface area contributed by atoms with E-state index in [9.17, 15) is 13.2 Å². The molecule has 0 aliphatic carbocycles. The van der Waals surface area contributed by atoms with Gasteiger partial charge in [-0.15, -0.1) is 0 Å². The third-order valence-electron chi connectivity index (χ3n) is 2.58. The number of nitrogens with one attached hydrogen (secondary N) is 1. The first kappa shape index (κ1) is 13.3. The normalized spacial score (nSPS) is 23.7. The van der Waals surface area contributed by atoms with E-state index in [1.807, 2.05) is 13.8 Å². The molecule has 0 saturated heterocycles. The van der Waals surface area contributed by atoms with E-state index < -0.39 is 17.5 Å². The Morgan fingerprint density at radius 3 is 2.50 bits per heavy atom. The second kappa shape index (κ2) is 5.22. The maximum atomic E-state index is 13.4. The summed E-state index contributed by atoms with van der Waals surface area (Å²) in [5.41, 5.74) is -0.0959. The minimum absolute atomic E-state index is 0.0959. The van der Waals surface area contributed by atoms with E-state index >= 15 is 0 Å². The molecular weight excluding hydrogens is 261 g/mol. The number of hydrogen-bond acceptors (Lipinski definition) is 3. The monoisotopic (exact) mass is 274 g/mol. The molecule has 1 aliphatic rings. The van der Waals surface area contributed by atoms with Crippen LogP contribution in [-0.4, -0.2) is 16.5 Å². The summed E-state index contributed by atoms with van der Waals surface area (Å²) in [4.78, 5) is 4.31. The van der Waals surface area contributed by atoms with Gasteiger partial charge in [-0.05, 0) is 13.3 Å². The molecule has 1 N–H and O–H groups in total. The van der Waals surface area contributed by atoms with Crippen molar-refractivity contribution in [2.45, 2.75) is 31.6 Å². The van der Waals surface area contributed by atoms with Gasteiger partial charge in [-0.2, -0.15) is 0 Å². The minimum atomic E-state index is -1.20. The van der Waals surface area contributed by atoms with E-state index in [4.69, 9.17) is 0 Å². The van der Waals surface area contributed by atoms with Crippen LogP contribution >= 0.6 is 11.8 Å². The van der Waals surface area contributed by atoms with E-state index in [0.29, 0.717) is 16.5 Å². The zero-order valence-electron chi connectivity index (χ0n) is 10.0. The highest BCUT2D eigenvalue weighted by atomic mass is 32.2. The Kier molecular flexibility index (Phi) is 3.85. The molecule has 2 unspecified atom stereocenters.